The van der Waals surface area contributed by atoms with Crippen molar-refractivity contribution in [3.05, 3.63) is 0 Å². The lowest BCUT2D eigenvalue weighted by Crippen LogP contribution is -2.35. The van der Waals surface area contributed by atoms with Crippen molar-refractivity contribution >= 4 is 23.9 Å². The minimum Gasteiger partial charge on any atom is -0.479 e. The highest BCUT2D eigenvalue weighted by molar-refractivity contribution is 5.96. The average molecular weight is 294 g/mol. The van der Waals surface area contributed by atoms with Crippen LogP contribution >= 0.6 is 0 Å². The van der Waals surface area contributed by atoms with Crippen LogP contribution in [0.2, 0.25) is 0 Å². The van der Waals surface area contributed by atoms with Crippen molar-refractivity contribution in [2.75, 3.05) is 33.5 Å². The maximum Gasteiger partial charge on any atom is 0.346 e. The smallest absolute Gasteiger partial charge is 0.346 e. The van der Waals surface area contributed by atoms with Gasteiger partial charge >= 0.3 is 23.9 Å². The molecule has 2 N–H and O–H groups in total. The quantitative estimate of drug-likeness (QED) is 0.271. The van der Waals surface area contributed by atoms with E-state index in [2.05, 4.69) is 9.47 Å². The molecule has 114 valence electrons. The van der Waals surface area contributed by atoms with Crippen LogP contribution in [0, 0.1) is 0 Å². The lowest BCUT2D eigenvalue weighted by atomic mass is 10.4. The Morgan fingerprint density at radius 2 is 1.70 bits per heavy atom. The van der Waals surface area contributed by atoms with Gasteiger partial charge in [-0.15, -0.1) is 0 Å². The maximum atomic E-state index is 11.0. The molecule has 0 bridgehead atoms. The molecule has 0 saturated heterocycles. The van der Waals surface area contributed by atoms with Crippen molar-refractivity contribution in [3.63, 3.8) is 0 Å². The first-order chi connectivity index (χ1) is 9.38. The number of esters is 2. The van der Waals surface area contributed by atoms with Gasteiger partial charge in [-0.1, -0.05) is 0 Å². The number of carbonyl (C=O) groups excluding carboxylic acids is 2. The molecule has 0 rings (SSSR count). The van der Waals surface area contributed by atoms with E-state index in [1.54, 1.807) is 0 Å². The minimum atomic E-state index is -1.78. The fraction of sp³-hybridized carbons (Fsp3) is 0.600. The Hall–Kier alpha value is -2.20. The number of carbonyl (C=O) groups is 4. The van der Waals surface area contributed by atoms with Gasteiger partial charge in [0, 0.05) is 0 Å². The first-order valence-electron chi connectivity index (χ1n) is 5.26. The Balaban J connectivity index is 3.79. The summed E-state index contributed by atoms with van der Waals surface area (Å²) >= 11 is 0. The van der Waals surface area contributed by atoms with Gasteiger partial charge in [-0.2, -0.15) is 0 Å². The molecule has 0 aromatic rings. The molecular formula is C10H14O10. The van der Waals surface area contributed by atoms with Gasteiger partial charge in [-0.3, -0.25) is 0 Å². The Labute approximate surface area is 113 Å². The van der Waals surface area contributed by atoms with Gasteiger partial charge in [0.1, 0.15) is 6.61 Å². The van der Waals surface area contributed by atoms with E-state index in [4.69, 9.17) is 19.7 Å². The largest absolute Gasteiger partial charge is 0.479 e. The van der Waals surface area contributed by atoms with Crippen LogP contribution < -0.4 is 0 Å². The first kappa shape index (κ1) is 17.8. The van der Waals surface area contributed by atoms with E-state index in [0.29, 0.717) is 0 Å². The molecule has 0 aromatic heterocycles. The van der Waals surface area contributed by atoms with Gasteiger partial charge in [0.25, 0.3) is 6.10 Å². The lowest BCUT2D eigenvalue weighted by Gasteiger charge is -2.11. The van der Waals surface area contributed by atoms with Crippen molar-refractivity contribution in [2.45, 2.75) is 6.10 Å². The number of rotatable bonds is 10. The molecule has 20 heavy (non-hydrogen) atoms. The van der Waals surface area contributed by atoms with E-state index in [0.717, 1.165) is 7.11 Å². The molecule has 0 aliphatic rings. The third-order valence-electron chi connectivity index (χ3n) is 1.73. The summed E-state index contributed by atoms with van der Waals surface area (Å²) in [5, 5.41) is 16.9. The highest BCUT2D eigenvalue weighted by atomic mass is 16.6. The summed E-state index contributed by atoms with van der Waals surface area (Å²) in [7, 11) is 1.01. The summed E-state index contributed by atoms with van der Waals surface area (Å²) in [5.74, 6) is -4.78. The molecule has 0 aliphatic heterocycles. The summed E-state index contributed by atoms with van der Waals surface area (Å²) in [6, 6.07) is 0. The number of hydrogen-bond donors (Lipinski definition) is 2. The Morgan fingerprint density at radius 3 is 2.20 bits per heavy atom. The second-order valence-electron chi connectivity index (χ2n) is 3.22. The van der Waals surface area contributed by atoms with E-state index < -0.39 is 43.2 Å². The first-order valence-corrected chi connectivity index (χ1v) is 5.26. The zero-order valence-electron chi connectivity index (χ0n) is 10.6. The predicted octanol–water partition coefficient (Wildman–Crippen LogP) is -1.73. The monoisotopic (exact) mass is 294 g/mol. The zero-order valence-corrected chi connectivity index (χ0v) is 10.6. The highest BCUT2D eigenvalue weighted by Gasteiger charge is 2.27. The maximum absolute atomic E-state index is 11.0. The summed E-state index contributed by atoms with van der Waals surface area (Å²) < 4.78 is 17.9. The van der Waals surface area contributed by atoms with Crippen molar-refractivity contribution < 1.29 is 48.3 Å². The molecule has 0 fully saturated rings. The number of ether oxygens (including phenoxy) is 4. The lowest BCUT2D eigenvalue weighted by molar-refractivity contribution is -0.170. The van der Waals surface area contributed by atoms with Crippen molar-refractivity contribution in [2.24, 2.45) is 0 Å². The van der Waals surface area contributed by atoms with Gasteiger partial charge in [0.05, 0.1) is 20.3 Å². The second kappa shape index (κ2) is 9.69. The summed E-state index contributed by atoms with van der Waals surface area (Å²) in [6.07, 6.45) is -1.78. The fourth-order valence-electron chi connectivity index (χ4n) is 0.911. The van der Waals surface area contributed by atoms with Crippen LogP contribution in [-0.2, 0) is 38.1 Å². The molecule has 0 unspecified atom stereocenters. The number of aliphatic carboxylic acids is 2. The molecule has 0 amide bonds. The van der Waals surface area contributed by atoms with E-state index in [9.17, 15) is 19.2 Å². The van der Waals surface area contributed by atoms with Gasteiger partial charge in [-0.25, -0.2) is 19.2 Å². The molecular weight excluding hydrogens is 280 g/mol. The highest BCUT2D eigenvalue weighted by Crippen LogP contribution is 1.96. The zero-order chi connectivity index (χ0) is 15.5. The fourth-order valence-corrected chi connectivity index (χ4v) is 0.911. The van der Waals surface area contributed by atoms with E-state index in [1.165, 1.54) is 0 Å². The third-order valence-corrected chi connectivity index (χ3v) is 1.73. The van der Waals surface area contributed by atoms with Crippen LogP contribution in [-0.4, -0.2) is 73.7 Å². The molecule has 10 heteroatoms. The third kappa shape index (κ3) is 8.00. The summed E-state index contributed by atoms with van der Waals surface area (Å²) in [6.45, 7) is -1.77. The van der Waals surface area contributed by atoms with E-state index in [1.807, 2.05) is 0 Å². The van der Waals surface area contributed by atoms with Crippen LogP contribution in [0.5, 0.6) is 0 Å². The van der Waals surface area contributed by atoms with Crippen molar-refractivity contribution in [1.82, 2.24) is 0 Å². The van der Waals surface area contributed by atoms with Crippen LogP contribution in [0.1, 0.15) is 0 Å². The number of methoxy groups -OCH3 is 1. The minimum absolute atomic E-state index is 0.192. The number of hydrogen-bond acceptors (Lipinski definition) is 8. The van der Waals surface area contributed by atoms with Gasteiger partial charge in [0.2, 0.25) is 0 Å². The standard InChI is InChI=1S/C10H14O10/c1-17-10(16)8(9(14)15)19-3-2-18-5-7(13)20-4-6(11)12/h8H,2-5H2,1H3,(H,11,12)(H,14,15)/t8-/m0/s1. The van der Waals surface area contributed by atoms with E-state index >= 15 is 0 Å². The molecule has 0 spiro atoms. The molecule has 0 aromatic carbocycles. The van der Waals surface area contributed by atoms with E-state index in [-0.39, 0.29) is 13.2 Å². The van der Waals surface area contributed by atoms with Gasteiger partial charge in [-0.05, 0) is 0 Å². The molecule has 0 heterocycles. The van der Waals surface area contributed by atoms with Crippen LogP contribution in [0.15, 0.2) is 0 Å². The second-order valence-corrected chi connectivity index (χ2v) is 3.22. The van der Waals surface area contributed by atoms with Crippen LogP contribution in [0.25, 0.3) is 0 Å². The predicted molar refractivity (Wildman–Crippen MR) is 58.8 cm³/mol. The van der Waals surface area contributed by atoms with Crippen molar-refractivity contribution in [3.8, 4) is 0 Å². The number of carboxylic acids is 2. The van der Waals surface area contributed by atoms with Gasteiger partial charge in [0.15, 0.2) is 6.61 Å². The summed E-state index contributed by atoms with van der Waals surface area (Å²) in [5.41, 5.74) is 0. The Bertz CT molecular complexity index is 363. The normalized spacial score (nSPS) is 11.4. The van der Waals surface area contributed by atoms with Gasteiger partial charge < -0.3 is 29.2 Å². The molecule has 0 saturated carbocycles. The molecule has 1 atom stereocenters. The molecule has 10 nitrogen and oxygen atoms in total. The topological polar surface area (TPSA) is 146 Å². The SMILES string of the molecule is COC(=O)[C@@H](OCCOCC(=O)OCC(=O)O)C(=O)O. The molecule has 0 radical (unpaired) electrons. The average Bonchev–Trinajstić information content (AvgIpc) is 2.39. The summed E-state index contributed by atoms with van der Waals surface area (Å²) in [4.78, 5) is 42.6. The number of carboxylic acid groups (broad SMARTS) is 2. The Morgan fingerprint density at radius 1 is 1.05 bits per heavy atom. The molecule has 0 aliphatic carbocycles. The Kier molecular flexibility index (Phi) is 8.63. The van der Waals surface area contributed by atoms with Crippen LogP contribution in [0.3, 0.4) is 0 Å². The van der Waals surface area contributed by atoms with Crippen LogP contribution in [0.4, 0.5) is 0 Å². The van der Waals surface area contributed by atoms with Crippen molar-refractivity contribution in [1.29, 1.82) is 0 Å².